The summed E-state index contributed by atoms with van der Waals surface area (Å²) in [6.07, 6.45) is 1.31. The van der Waals surface area contributed by atoms with Gasteiger partial charge in [0.1, 0.15) is 0 Å². The fourth-order valence-electron chi connectivity index (χ4n) is 1.93. The second kappa shape index (κ2) is 4.47. The van der Waals surface area contributed by atoms with Gasteiger partial charge in [-0.05, 0) is 13.0 Å². The smallest absolute Gasteiger partial charge is 0.258 e. The van der Waals surface area contributed by atoms with E-state index in [1.54, 1.807) is 0 Å². The lowest BCUT2D eigenvalue weighted by Gasteiger charge is -2.02. The summed E-state index contributed by atoms with van der Waals surface area (Å²) in [4.78, 5) is 11.2. The van der Waals surface area contributed by atoms with Crippen LogP contribution in [0.15, 0.2) is 42.5 Å². The number of benzene rings is 1. The van der Waals surface area contributed by atoms with E-state index in [2.05, 4.69) is 9.82 Å². The van der Waals surface area contributed by atoms with Crippen LogP contribution in [0.3, 0.4) is 0 Å². The quantitative estimate of drug-likeness (QED) is 0.900. The highest BCUT2D eigenvalue weighted by atomic mass is 32.2. The van der Waals surface area contributed by atoms with Crippen molar-refractivity contribution in [3.63, 3.8) is 0 Å². The fourth-order valence-corrected chi connectivity index (χ4v) is 2.83. The average Bonchev–Trinajstić information content (AvgIpc) is 2.93. The van der Waals surface area contributed by atoms with Crippen molar-refractivity contribution in [3.05, 3.63) is 48.2 Å². The third kappa shape index (κ3) is 2.10. The number of nitrogens with zero attached hydrogens (tertiary/aromatic N) is 2. The van der Waals surface area contributed by atoms with Crippen molar-refractivity contribution in [1.29, 1.82) is 0 Å². The molecule has 2 aromatic rings. The Morgan fingerprint density at radius 2 is 2.00 bits per heavy atom. The molecule has 3 rings (SSSR count). The molecule has 0 saturated carbocycles. The van der Waals surface area contributed by atoms with Crippen molar-refractivity contribution in [3.8, 4) is 11.3 Å². The van der Waals surface area contributed by atoms with Crippen LogP contribution in [0, 0.1) is 6.92 Å². The topological polar surface area (TPSA) is 64.0 Å². The van der Waals surface area contributed by atoms with Crippen LogP contribution in [0.1, 0.15) is 5.69 Å². The third-order valence-corrected chi connectivity index (χ3v) is 3.86. The summed E-state index contributed by atoms with van der Waals surface area (Å²) in [6, 6.07) is 11.6. The van der Waals surface area contributed by atoms with Crippen molar-refractivity contribution >= 4 is 21.9 Å². The standard InChI is InChI=1S/C13H11N3O2S/c1-9-7-11(10-5-3-2-4-6-10)14-16(9)13-8-12(17)15-19(13)18/h2-8H,1H3,(H,15,17). The van der Waals surface area contributed by atoms with Gasteiger partial charge in [-0.2, -0.15) is 5.10 Å². The van der Waals surface area contributed by atoms with Gasteiger partial charge < -0.3 is 0 Å². The zero-order valence-corrected chi connectivity index (χ0v) is 11.0. The fraction of sp³-hybridized carbons (Fsp3) is 0.0769. The maximum atomic E-state index is 11.7. The Bertz CT molecular complexity index is 704. The van der Waals surface area contributed by atoms with Crippen molar-refractivity contribution in [2.75, 3.05) is 0 Å². The maximum absolute atomic E-state index is 11.7. The van der Waals surface area contributed by atoms with E-state index in [4.69, 9.17) is 0 Å². The van der Waals surface area contributed by atoms with Crippen LogP contribution in [0.4, 0.5) is 0 Å². The molecular formula is C13H11N3O2S. The molecular weight excluding hydrogens is 262 g/mol. The Labute approximate surface area is 112 Å². The highest BCUT2D eigenvalue weighted by Gasteiger charge is 2.23. The summed E-state index contributed by atoms with van der Waals surface area (Å²) in [7, 11) is -1.53. The lowest BCUT2D eigenvalue weighted by molar-refractivity contribution is -0.114. The second-order valence-corrected chi connectivity index (χ2v) is 5.33. The molecule has 1 aliphatic heterocycles. The molecule has 1 N–H and O–H groups in total. The van der Waals surface area contributed by atoms with Crippen LogP contribution in [-0.2, 0) is 15.8 Å². The summed E-state index contributed by atoms with van der Waals surface area (Å²) in [5.74, 6) is -0.357. The van der Waals surface area contributed by atoms with Gasteiger partial charge in [0, 0.05) is 17.3 Å². The molecule has 1 aromatic carbocycles. The molecule has 1 amide bonds. The van der Waals surface area contributed by atoms with Gasteiger partial charge in [-0.25, -0.2) is 8.89 Å². The first kappa shape index (κ1) is 11.9. The van der Waals surface area contributed by atoms with E-state index in [0.29, 0.717) is 5.03 Å². The Morgan fingerprint density at radius 1 is 1.26 bits per heavy atom. The molecule has 0 saturated heterocycles. The first-order chi connectivity index (χ1) is 9.15. The minimum atomic E-state index is -1.53. The van der Waals surface area contributed by atoms with Crippen molar-refractivity contribution < 1.29 is 9.00 Å². The number of hydrogen-bond acceptors (Lipinski definition) is 3. The van der Waals surface area contributed by atoms with Gasteiger partial charge in [0.05, 0.1) is 5.69 Å². The zero-order chi connectivity index (χ0) is 13.4. The first-order valence-electron chi connectivity index (χ1n) is 5.72. The van der Waals surface area contributed by atoms with Crippen LogP contribution in [0.25, 0.3) is 16.3 Å². The molecule has 5 nitrogen and oxygen atoms in total. The molecule has 2 heterocycles. The number of aromatic nitrogens is 2. The molecule has 0 fully saturated rings. The van der Waals surface area contributed by atoms with Crippen molar-refractivity contribution in [2.45, 2.75) is 6.92 Å². The Morgan fingerprint density at radius 3 is 2.63 bits per heavy atom. The Kier molecular flexibility index (Phi) is 2.79. The van der Waals surface area contributed by atoms with Crippen LogP contribution in [0.2, 0.25) is 0 Å². The molecule has 1 aromatic heterocycles. The summed E-state index contributed by atoms with van der Waals surface area (Å²) in [5.41, 5.74) is 2.60. The van der Waals surface area contributed by atoms with Crippen molar-refractivity contribution in [2.24, 2.45) is 0 Å². The highest BCUT2D eigenvalue weighted by Crippen LogP contribution is 2.22. The number of amides is 1. The van der Waals surface area contributed by atoms with E-state index < -0.39 is 11.0 Å². The van der Waals surface area contributed by atoms with E-state index in [-0.39, 0.29) is 5.91 Å². The number of carbonyl (C=O) groups is 1. The number of carbonyl (C=O) groups excluding carboxylic acids is 1. The van der Waals surface area contributed by atoms with Gasteiger partial charge in [0.2, 0.25) is 0 Å². The molecule has 0 spiro atoms. The summed E-state index contributed by atoms with van der Waals surface area (Å²) < 4.78 is 15.6. The maximum Gasteiger partial charge on any atom is 0.258 e. The molecule has 1 atom stereocenters. The van der Waals surface area contributed by atoms with Crippen molar-refractivity contribution in [1.82, 2.24) is 14.5 Å². The molecule has 0 aliphatic carbocycles. The van der Waals surface area contributed by atoms with Gasteiger partial charge in [0.25, 0.3) is 5.91 Å². The molecule has 1 aliphatic rings. The normalized spacial score (nSPS) is 18.3. The van der Waals surface area contributed by atoms with Crippen LogP contribution >= 0.6 is 0 Å². The number of aryl methyl sites for hydroxylation is 1. The van der Waals surface area contributed by atoms with Crippen LogP contribution < -0.4 is 4.72 Å². The van der Waals surface area contributed by atoms with Gasteiger partial charge in [0.15, 0.2) is 16.0 Å². The van der Waals surface area contributed by atoms with E-state index in [1.165, 1.54) is 10.8 Å². The monoisotopic (exact) mass is 273 g/mol. The summed E-state index contributed by atoms with van der Waals surface area (Å²) in [5, 5.41) is 4.78. The lowest BCUT2D eigenvalue weighted by Crippen LogP contribution is -2.17. The van der Waals surface area contributed by atoms with Gasteiger partial charge >= 0.3 is 0 Å². The largest absolute Gasteiger partial charge is 0.269 e. The summed E-state index contributed by atoms with van der Waals surface area (Å²) in [6.45, 7) is 1.86. The van der Waals surface area contributed by atoms with Gasteiger partial charge in [-0.15, -0.1) is 0 Å². The molecule has 1 unspecified atom stereocenters. The average molecular weight is 273 g/mol. The van der Waals surface area contributed by atoms with E-state index >= 15 is 0 Å². The molecule has 0 bridgehead atoms. The van der Waals surface area contributed by atoms with Gasteiger partial charge in [-0.3, -0.25) is 9.52 Å². The predicted octanol–water partition coefficient (Wildman–Crippen LogP) is 1.45. The molecule has 6 heteroatoms. The second-order valence-electron chi connectivity index (χ2n) is 4.17. The van der Waals surface area contributed by atoms with E-state index in [1.807, 2.05) is 43.3 Å². The van der Waals surface area contributed by atoms with Crippen LogP contribution in [-0.4, -0.2) is 19.9 Å². The Hall–Kier alpha value is -2.21. The minimum absolute atomic E-state index is 0.357. The molecule has 0 radical (unpaired) electrons. The SMILES string of the molecule is Cc1cc(-c2ccccc2)nn1C1=CC(=O)NS1=O. The van der Waals surface area contributed by atoms with Gasteiger partial charge in [-0.1, -0.05) is 30.3 Å². The van der Waals surface area contributed by atoms with E-state index in [9.17, 15) is 9.00 Å². The zero-order valence-electron chi connectivity index (χ0n) is 10.2. The number of hydrogen-bond donors (Lipinski definition) is 1. The Balaban J connectivity index is 2.06. The van der Waals surface area contributed by atoms with Crippen LogP contribution in [0.5, 0.6) is 0 Å². The minimum Gasteiger partial charge on any atom is -0.269 e. The first-order valence-corrected chi connectivity index (χ1v) is 6.87. The molecule has 19 heavy (non-hydrogen) atoms. The highest BCUT2D eigenvalue weighted by molar-refractivity contribution is 7.93. The third-order valence-electron chi connectivity index (χ3n) is 2.80. The summed E-state index contributed by atoms with van der Waals surface area (Å²) >= 11 is 0. The number of nitrogens with one attached hydrogen (secondary N) is 1. The lowest BCUT2D eigenvalue weighted by atomic mass is 10.1. The molecule has 96 valence electrons. The predicted molar refractivity (Wildman–Crippen MR) is 73.0 cm³/mol. The van der Waals surface area contributed by atoms with E-state index in [0.717, 1.165) is 17.0 Å². The number of rotatable bonds is 2.